The number of ether oxygens (including phenoxy) is 1. The van der Waals surface area contributed by atoms with Gasteiger partial charge in [0.1, 0.15) is 0 Å². The lowest BCUT2D eigenvalue weighted by molar-refractivity contribution is -0.169. The maximum atomic E-state index is 6.16. The van der Waals surface area contributed by atoms with Crippen LogP contribution in [0.15, 0.2) is 0 Å². The van der Waals surface area contributed by atoms with Crippen LogP contribution in [0.3, 0.4) is 0 Å². The Balaban J connectivity index is 1.63. The summed E-state index contributed by atoms with van der Waals surface area (Å²) >= 11 is 0. The first-order valence-electron chi connectivity index (χ1n) is 6.22. The van der Waals surface area contributed by atoms with Crippen molar-refractivity contribution in [2.75, 3.05) is 0 Å². The summed E-state index contributed by atoms with van der Waals surface area (Å²) < 4.78 is 6.15. The van der Waals surface area contributed by atoms with Crippen LogP contribution in [0, 0.1) is 5.41 Å². The second-order valence-corrected chi connectivity index (χ2v) is 5.46. The molecule has 0 radical (unpaired) electrons. The normalized spacial score (nSPS) is 40.9. The Morgan fingerprint density at radius 2 is 1.79 bits per heavy atom. The quantitative estimate of drug-likeness (QED) is 0.733. The molecule has 3 saturated carbocycles. The molecular weight excluding hydrogens is 174 g/mol. The Bertz CT molecular complexity index is 218. The van der Waals surface area contributed by atoms with Crippen LogP contribution >= 0.6 is 0 Å². The maximum Gasteiger partial charge on any atom is 0.0664 e. The molecule has 0 aromatic carbocycles. The van der Waals surface area contributed by atoms with E-state index in [9.17, 15) is 0 Å². The van der Waals surface area contributed by atoms with Crippen LogP contribution in [0.25, 0.3) is 0 Å². The fourth-order valence-electron chi connectivity index (χ4n) is 3.43. The molecule has 2 N–H and O–H groups in total. The molecule has 3 rings (SSSR count). The van der Waals surface area contributed by atoms with Gasteiger partial charge in [0.25, 0.3) is 0 Å². The molecule has 0 saturated heterocycles. The Hall–Kier alpha value is -0.0800. The molecule has 2 nitrogen and oxygen atoms in total. The van der Waals surface area contributed by atoms with E-state index in [0.29, 0.717) is 23.7 Å². The first kappa shape index (κ1) is 9.17. The largest absolute Gasteiger partial charge is 0.374 e. The van der Waals surface area contributed by atoms with E-state index in [1.165, 1.54) is 44.9 Å². The Labute approximate surface area is 86.2 Å². The van der Waals surface area contributed by atoms with Crippen molar-refractivity contribution >= 4 is 0 Å². The van der Waals surface area contributed by atoms with E-state index in [1.54, 1.807) is 0 Å². The molecule has 2 atom stereocenters. The van der Waals surface area contributed by atoms with Crippen molar-refractivity contribution in [1.29, 1.82) is 0 Å². The molecule has 80 valence electrons. The lowest BCUT2D eigenvalue weighted by Gasteiger charge is -2.54. The zero-order valence-corrected chi connectivity index (χ0v) is 8.87. The summed E-state index contributed by atoms with van der Waals surface area (Å²) in [6.07, 6.45) is 11.6. The van der Waals surface area contributed by atoms with Gasteiger partial charge < -0.3 is 10.5 Å². The van der Waals surface area contributed by atoms with Gasteiger partial charge in [-0.05, 0) is 38.5 Å². The molecule has 0 heterocycles. The van der Waals surface area contributed by atoms with Crippen LogP contribution in [0.2, 0.25) is 0 Å². The molecule has 0 amide bonds. The zero-order valence-electron chi connectivity index (χ0n) is 8.87. The lowest BCUT2D eigenvalue weighted by atomic mass is 9.61. The first-order chi connectivity index (χ1) is 6.81. The van der Waals surface area contributed by atoms with Gasteiger partial charge in [-0.15, -0.1) is 0 Å². The molecule has 2 heteroatoms. The predicted molar refractivity (Wildman–Crippen MR) is 56.0 cm³/mol. The molecule has 0 aromatic rings. The maximum absolute atomic E-state index is 6.16. The molecule has 0 bridgehead atoms. The Kier molecular flexibility index (Phi) is 2.10. The minimum absolute atomic E-state index is 0.412. The highest BCUT2D eigenvalue weighted by Gasteiger charge is 2.55. The minimum atomic E-state index is 0.412. The highest BCUT2D eigenvalue weighted by atomic mass is 16.5. The summed E-state index contributed by atoms with van der Waals surface area (Å²) in [6.45, 7) is 0. The van der Waals surface area contributed by atoms with Gasteiger partial charge in [-0.3, -0.25) is 0 Å². The third-order valence-electron chi connectivity index (χ3n) is 4.79. The summed E-state index contributed by atoms with van der Waals surface area (Å²) in [5, 5.41) is 0. The average molecular weight is 195 g/mol. The monoisotopic (exact) mass is 195 g/mol. The second kappa shape index (κ2) is 3.21. The zero-order chi connectivity index (χ0) is 9.60. The lowest BCUT2D eigenvalue weighted by Crippen LogP contribution is -2.61. The van der Waals surface area contributed by atoms with Crippen molar-refractivity contribution in [3.63, 3.8) is 0 Å². The van der Waals surface area contributed by atoms with E-state index in [2.05, 4.69) is 0 Å². The topological polar surface area (TPSA) is 35.2 Å². The van der Waals surface area contributed by atoms with E-state index < -0.39 is 0 Å². The Morgan fingerprint density at radius 1 is 1.07 bits per heavy atom. The summed E-state index contributed by atoms with van der Waals surface area (Å²) in [5.74, 6) is 0. The predicted octanol–water partition coefficient (Wildman–Crippen LogP) is 2.22. The molecule has 3 aliphatic rings. The van der Waals surface area contributed by atoms with Gasteiger partial charge in [-0.25, -0.2) is 0 Å². The van der Waals surface area contributed by atoms with E-state index in [1.807, 2.05) is 0 Å². The third-order valence-corrected chi connectivity index (χ3v) is 4.79. The fourth-order valence-corrected chi connectivity index (χ4v) is 3.43. The van der Waals surface area contributed by atoms with Gasteiger partial charge in [0.2, 0.25) is 0 Å². The van der Waals surface area contributed by atoms with Gasteiger partial charge in [0, 0.05) is 11.5 Å². The Morgan fingerprint density at radius 3 is 2.29 bits per heavy atom. The van der Waals surface area contributed by atoms with Crippen LogP contribution in [-0.2, 0) is 4.74 Å². The SMILES string of the molecule is NC1CC(OC2CCC2)C12CCCC2. The minimum Gasteiger partial charge on any atom is -0.374 e. The highest BCUT2D eigenvalue weighted by Crippen LogP contribution is 2.54. The van der Waals surface area contributed by atoms with Crippen molar-refractivity contribution in [1.82, 2.24) is 0 Å². The average Bonchev–Trinajstić information content (AvgIpc) is 2.59. The molecule has 2 unspecified atom stereocenters. The number of nitrogens with two attached hydrogens (primary N) is 1. The number of hydrogen-bond acceptors (Lipinski definition) is 2. The molecule has 3 fully saturated rings. The molecule has 0 aliphatic heterocycles. The van der Waals surface area contributed by atoms with Crippen molar-refractivity contribution in [3.8, 4) is 0 Å². The van der Waals surface area contributed by atoms with Gasteiger partial charge in [-0.1, -0.05) is 12.8 Å². The van der Waals surface area contributed by atoms with Crippen LogP contribution in [0.5, 0.6) is 0 Å². The fraction of sp³-hybridized carbons (Fsp3) is 1.00. The van der Waals surface area contributed by atoms with Crippen molar-refractivity contribution in [2.24, 2.45) is 11.1 Å². The van der Waals surface area contributed by atoms with E-state index in [0.717, 1.165) is 6.42 Å². The van der Waals surface area contributed by atoms with E-state index >= 15 is 0 Å². The molecule has 14 heavy (non-hydrogen) atoms. The van der Waals surface area contributed by atoms with Crippen LogP contribution < -0.4 is 5.73 Å². The molecule has 1 spiro atoms. The van der Waals surface area contributed by atoms with Crippen molar-refractivity contribution in [2.45, 2.75) is 69.6 Å². The van der Waals surface area contributed by atoms with Gasteiger partial charge in [0.05, 0.1) is 12.2 Å². The standard InChI is InChI=1S/C12H21NO/c13-10-8-11(14-9-4-3-5-9)12(10)6-1-2-7-12/h9-11H,1-8,13H2. The first-order valence-corrected chi connectivity index (χ1v) is 6.22. The summed E-state index contributed by atoms with van der Waals surface area (Å²) in [7, 11) is 0. The van der Waals surface area contributed by atoms with Crippen LogP contribution in [0.1, 0.15) is 51.4 Å². The highest BCUT2D eigenvalue weighted by molar-refractivity contribution is 5.09. The van der Waals surface area contributed by atoms with E-state index in [-0.39, 0.29) is 0 Å². The number of hydrogen-bond donors (Lipinski definition) is 1. The molecular formula is C12H21NO. The van der Waals surface area contributed by atoms with Gasteiger partial charge in [-0.2, -0.15) is 0 Å². The molecule has 3 aliphatic carbocycles. The van der Waals surface area contributed by atoms with Crippen molar-refractivity contribution < 1.29 is 4.74 Å². The third kappa shape index (κ3) is 1.17. The molecule has 0 aromatic heterocycles. The van der Waals surface area contributed by atoms with E-state index in [4.69, 9.17) is 10.5 Å². The van der Waals surface area contributed by atoms with Gasteiger partial charge in [0.15, 0.2) is 0 Å². The smallest absolute Gasteiger partial charge is 0.0664 e. The van der Waals surface area contributed by atoms with Gasteiger partial charge >= 0.3 is 0 Å². The van der Waals surface area contributed by atoms with Crippen LogP contribution in [-0.4, -0.2) is 18.2 Å². The van der Waals surface area contributed by atoms with Crippen LogP contribution in [0.4, 0.5) is 0 Å². The summed E-state index contributed by atoms with van der Waals surface area (Å²) in [4.78, 5) is 0. The second-order valence-electron chi connectivity index (χ2n) is 5.46. The number of rotatable bonds is 2. The summed E-state index contributed by atoms with van der Waals surface area (Å²) in [5.41, 5.74) is 6.58. The summed E-state index contributed by atoms with van der Waals surface area (Å²) in [6, 6.07) is 0.440. The van der Waals surface area contributed by atoms with Crippen molar-refractivity contribution in [3.05, 3.63) is 0 Å².